The van der Waals surface area contributed by atoms with Crippen molar-refractivity contribution in [2.45, 2.75) is 45.0 Å². The van der Waals surface area contributed by atoms with Crippen LogP contribution in [0.4, 0.5) is 10.7 Å². The molecular weight excluding hydrogens is 441 g/mol. The molecule has 3 atom stereocenters. The highest BCUT2D eigenvalue weighted by molar-refractivity contribution is 6.42. The van der Waals surface area contributed by atoms with Crippen LogP contribution in [-0.2, 0) is 17.7 Å². The van der Waals surface area contributed by atoms with Gasteiger partial charge in [-0.25, -0.2) is 14.8 Å². The van der Waals surface area contributed by atoms with Gasteiger partial charge < -0.3 is 25.4 Å². The van der Waals surface area contributed by atoms with Crippen LogP contribution >= 0.6 is 23.2 Å². The summed E-state index contributed by atoms with van der Waals surface area (Å²) in [7, 11) is 1.59. The maximum absolute atomic E-state index is 13.1. The third kappa shape index (κ3) is 5.77. The molecule has 0 saturated heterocycles. The number of urea groups is 1. The van der Waals surface area contributed by atoms with Gasteiger partial charge >= 0.3 is 6.03 Å². The lowest BCUT2D eigenvalue weighted by Gasteiger charge is -2.32. The quantitative estimate of drug-likeness (QED) is 0.576. The van der Waals surface area contributed by atoms with Crippen molar-refractivity contribution >= 4 is 35.2 Å². The molecule has 2 heterocycles. The molecule has 0 aliphatic carbocycles. The minimum Gasteiger partial charge on any atom is -0.394 e. The highest BCUT2D eigenvalue weighted by atomic mass is 35.5. The van der Waals surface area contributed by atoms with E-state index < -0.39 is 6.04 Å². The molecule has 0 fully saturated rings. The predicted octanol–water partition coefficient (Wildman–Crippen LogP) is 3.42. The number of methoxy groups -OCH3 is 1. The normalized spacial score (nSPS) is 16.3. The molecule has 1 aliphatic rings. The molecule has 0 radical (unpaired) electrons. The number of carbonyl (C=O) groups is 1. The fourth-order valence-electron chi connectivity index (χ4n) is 3.35. The third-order valence-electron chi connectivity index (χ3n) is 5.31. The number of aliphatic hydroxyl groups excluding tert-OH is 1. The lowest BCUT2D eigenvalue weighted by atomic mass is 10.0. The number of carbonyl (C=O) groups excluding carboxylic acids is 1. The molecule has 31 heavy (non-hydrogen) atoms. The Balaban J connectivity index is 1.74. The summed E-state index contributed by atoms with van der Waals surface area (Å²) in [4.78, 5) is 23.6. The van der Waals surface area contributed by atoms with Gasteiger partial charge in [-0.05, 0) is 43.5 Å². The highest BCUT2D eigenvalue weighted by Crippen LogP contribution is 2.28. The topological polar surface area (TPSA) is 99.6 Å². The Morgan fingerprint density at radius 1 is 1.32 bits per heavy atom. The molecule has 168 valence electrons. The van der Waals surface area contributed by atoms with Gasteiger partial charge in [0, 0.05) is 25.9 Å². The van der Waals surface area contributed by atoms with Crippen molar-refractivity contribution < 1.29 is 14.6 Å². The number of rotatable bonds is 7. The first-order valence-corrected chi connectivity index (χ1v) is 10.8. The van der Waals surface area contributed by atoms with Crippen molar-refractivity contribution in [3.63, 3.8) is 0 Å². The Morgan fingerprint density at radius 3 is 2.77 bits per heavy atom. The number of fused-ring (bicyclic) bond motifs is 1. The van der Waals surface area contributed by atoms with Gasteiger partial charge in [0.15, 0.2) is 0 Å². The van der Waals surface area contributed by atoms with Crippen molar-refractivity contribution in [3.05, 3.63) is 51.3 Å². The zero-order valence-corrected chi connectivity index (χ0v) is 19.2. The van der Waals surface area contributed by atoms with Crippen molar-refractivity contribution in [3.8, 4) is 0 Å². The Bertz CT molecular complexity index is 930. The minimum absolute atomic E-state index is 0.0250. The van der Waals surface area contributed by atoms with E-state index >= 15 is 0 Å². The summed E-state index contributed by atoms with van der Waals surface area (Å²) in [6.45, 7) is 4.61. The SMILES string of the molecule is CO[C@H](C)[C@@H](NC(=O)N1CCc2cnc(N[C@@H](C)CO)nc2C1)c1ccc(Cl)c(Cl)c1. The second-order valence-corrected chi connectivity index (χ2v) is 8.42. The van der Waals surface area contributed by atoms with E-state index in [4.69, 9.17) is 27.9 Å². The van der Waals surface area contributed by atoms with Gasteiger partial charge in [-0.3, -0.25) is 0 Å². The molecule has 0 bridgehead atoms. The van der Waals surface area contributed by atoms with E-state index in [-0.39, 0.29) is 24.8 Å². The van der Waals surface area contributed by atoms with Gasteiger partial charge in [0.2, 0.25) is 5.95 Å². The number of amides is 2. The molecule has 2 aromatic rings. The Kier molecular flexibility index (Phi) is 7.94. The molecule has 3 N–H and O–H groups in total. The van der Waals surface area contributed by atoms with Crippen molar-refractivity contribution in [2.24, 2.45) is 0 Å². The number of hydrogen-bond donors (Lipinski definition) is 3. The molecule has 10 heteroatoms. The summed E-state index contributed by atoms with van der Waals surface area (Å²) in [5.41, 5.74) is 2.61. The number of hydrogen-bond acceptors (Lipinski definition) is 6. The summed E-state index contributed by atoms with van der Waals surface area (Å²) < 4.78 is 5.49. The van der Waals surface area contributed by atoms with Gasteiger partial charge in [0.05, 0.1) is 41.0 Å². The number of halogens is 2. The van der Waals surface area contributed by atoms with Crippen molar-refractivity contribution in [1.29, 1.82) is 0 Å². The number of benzene rings is 1. The highest BCUT2D eigenvalue weighted by Gasteiger charge is 2.27. The first-order valence-electron chi connectivity index (χ1n) is 10.1. The van der Waals surface area contributed by atoms with E-state index in [0.29, 0.717) is 35.5 Å². The van der Waals surface area contributed by atoms with Crippen molar-refractivity contribution in [2.75, 3.05) is 25.6 Å². The Morgan fingerprint density at radius 2 is 2.10 bits per heavy atom. The van der Waals surface area contributed by atoms with Crippen LogP contribution < -0.4 is 10.6 Å². The number of aromatic nitrogens is 2. The van der Waals surface area contributed by atoms with Gasteiger partial charge in [-0.2, -0.15) is 0 Å². The van der Waals surface area contributed by atoms with Gasteiger partial charge in [-0.15, -0.1) is 0 Å². The first kappa shape index (κ1) is 23.5. The summed E-state index contributed by atoms with van der Waals surface area (Å²) in [6.07, 6.45) is 2.15. The smallest absolute Gasteiger partial charge is 0.318 e. The standard InChI is InChI=1S/C21H27Cl2N5O3/c1-12(11-29)25-20-24-9-15-6-7-28(10-18(15)26-20)21(30)27-19(13(2)31-3)14-4-5-16(22)17(23)8-14/h4-5,8-9,12-13,19,29H,6-7,10-11H2,1-3H3,(H,27,30)(H,24,25,26)/t12-,13+,19+/m0/s1. The fourth-order valence-corrected chi connectivity index (χ4v) is 3.66. The number of aliphatic hydroxyl groups is 1. The van der Waals surface area contributed by atoms with Crippen LogP contribution in [0.1, 0.15) is 36.7 Å². The van der Waals surface area contributed by atoms with Gasteiger partial charge in [0.25, 0.3) is 0 Å². The zero-order valence-electron chi connectivity index (χ0n) is 17.7. The number of ether oxygens (including phenoxy) is 1. The molecule has 3 rings (SSSR count). The van der Waals surface area contributed by atoms with E-state index in [1.165, 1.54) is 0 Å². The second kappa shape index (κ2) is 10.5. The Labute approximate surface area is 191 Å². The molecule has 1 aliphatic heterocycles. The van der Waals surface area contributed by atoms with Crippen LogP contribution in [0.3, 0.4) is 0 Å². The van der Waals surface area contributed by atoms with Crippen LogP contribution in [-0.4, -0.2) is 58.4 Å². The number of nitrogens with zero attached hydrogens (tertiary/aromatic N) is 3. The molecule has 0 unspecified atom stereocenters. The van der Waals surface area contributed by atoms with Gasteiger partial charge in [-0.1, -0.05) is 29.3 Å². The van der Waals surface area contributed by atoms with Crippen molar-refractivity contribution in [1.82, 2.24) is 20.2 Å². The fraction of sp³-hybridized carbons (Fsp3) is 0.476. The Hall–Kier alpha value is -2.13. The summed E-state index contributed by atoms with van der Waals surface area (Å²) in [5, 5.41) is 16.2. The zero-order chi connectivity index (χ0) is 22.5. The van der Waals surface area contributed by atoms with Crippen LogP contribution in [0.25, 0.3) is 0 Å². The molecule has 0 saturated carbocycles. The van der Waals surface area contributed by atoms with E-state index in [1.807, 2.05) is 19.9 Å². The average molecular weight is 468 g/mol. The van der Waals surface area contributed by atoms with E-state index in [1.54, 1.807) is 30.3 Å². The molecule has 0 spiro atoms. The summed E-state index contributed by atoms with van der Waals surface area (Å²) in [6, 6.07) is 4.49. The summed E-state index contributed by atoms with van der Waals surface area (Å²) >= 11 is 12.2. The number of nitrogens with one attached hydrogen (secondary N) is 2. The number of anilines is 1. The van der Waals surface area contributed by atoms with Gasteiger partial charge in [0.1, 0.15) is 0 Å². The van der Waals surface area contributed by atoms with E-state index in [2.05, 4.69) is 20.6 Å². The first-order chi connectivity index (χ1) is 14.8. The maximum atomic E-state index is 13.1. The monoisotopic (exact) mass is 467 g/mol. The lowest BCUT2D eigenvalue weighted by Crippen LogP contribution is -2.46. The molecular formula is C21H27Cl2N5O3. The average Bonchev–Trinajstić information content (AvgIpc) is 2.78. The molecule has 2 amide bonds. The predicted molar refractivity (Wildman–Crippen MR) is 121 cm³/mol. The molecule has 1 aromatic heterocycles. The minimum atomic E-state index is -0.401. The van der Waals surface area contributed by atoms with E-state index in [0.717, 1.165) is 16.8 Å². The van der Waals surface area contributed by atoms with Crippen LogP contribution in [0.2, 0.25) is 10.0 Å². The lowest BCUT2D eigenvalue weighted by molar-refractivity contribution is 0.0819. The second-order valence-electron chi connectivity index (χ2n) is 7.61. The maximum Gasteiger partial charge on any atom is 0.318 e. The third-order valence-corrected chi connectivity index (χ3v) is 6.04. The van der Waals surface area contributed by atoms with Crippen LogP contribution in [0, 0.1) is 0 Å². The molecule has 1 aromatic carbocycles. The van der Waals surface area contributed by atoms with Crippen LogP contribution in [0.15, 0.2) is 24.4 Å². The summed E-state index contributed by atoms with van der Waals surface area (Å²) in [5.74, 6) is 0.434. The van der Waals surface area contributed by atoms with Crippen LogP contribution in [0.5, 0.6) is 0 Å². The largest absolute Gasteiger partial charge is 0.394 e. The molecule has 8 nitrogen and oxygen atoms in total. The van der Waals surface area contributed by atoms with E-state index in [9.17, 15) is 9.90 Å².